The third-order valence-electron chi connectivity index (χ3n) is 2.90. The van der Waals surface area contributed by atoms with Gasteiger partial charge in [0.05, 0.1) is 6.54 Å². The van der Waals surface area contributed by atoms with Gasteiger partial charge in [0.15, 0.2) is 11.6 Å². The zero-order valence-electron chi connectivity index (χ0n) is 11.6. The fraction of sp³-hybridized carbons (Fsp3) is 0.188. The maximum absolute atomic E-state index is 13.0. The van der Waals surface area contributed by atoms with Gasteiger partial charge in [-0.1, -0.05) is 29.8 Å². The van der Waals surface area contributed by atoms with Gasteiger partial charge in [0, 0.05) is 18.3 Å². The Bertz CT molecular complexity index is 644. The summed E-state index contributed by atoms with van der Waals surface area (Å²) >= 11 is 0. The molecule has 0 saturated carbocycles. The first-order chi connectivity index (χ1) is 10.0. The Morgan fingerprint density at radius 1 is 1.10 bits per heavy atom. The van der Waals surface area contributed by atoms with E-state index in [1.54, 1.807) is 0 Å². The quantitative estimate of drug-likeness (QED) is 0.889. The van der Waals surface area contributed by atoms with E-state index in [1.807, 2.05) is 31.2 Å². The molecule has 110 valence electrons. The van der Waals surface area contributed by atoms with Crippen LogP contribution < -0.4 is 10.6 Å². The van der Waals surface area contributed by atoms with E-state index >= 15 is 0 Å². The van der Waals surface area contributed by atoms with Gasteiger partial charge in [-0.3, -0.25) is 4.79 Å². The van der Waals surface area contributed by atoms with Crippen molar-refractivity contribution >= 4 is 11.6 Å². The average molecular weight is 290 g/mol. The molecular formula is C16H16F2N2O. The Morgan fingerprint density at radius 2 is 1.90 bits per heavy atom. The van der Waals surface area contributed by atoms with Crippen LogP contribution in [-0.2, 0) is 11.3 Å². The molecule has 0 heterocycles. The van der Waals surface area contributed by atoms with Gasteiger partial charge in [0.2, 0.25) is 5.91 Å². The summed E-state index contributed by atoms with van der Waals surface area (Å²) in [6.07, 6.45) is 0. The number of anilines is 1. The molecular weight excluding hydrogens is 274 g/mol. The lowest BCUT2D eigenvalue weighted by atomic mass is 10.1. The van der Waals surface area contributed by atoms with E-state index in [1.165, 1.54) is 6.07 Å². The van der Waals surface area contributed by atoms with Crippen LogP contribution in [0, 0.1) is 18.6 Å². The van der Waals surface area contributed by atoms with Crippen LogP contribution in [0.15, 0.2) is 42.5 Å². The summed E-state index contributed by atoms with van der Waals surface area (Å²) in [4.78, 5) is 11.7. The Morgan fingerprint density at radius 3 is 2.62 bits per heavy atom. The number of carbonyl (C=O) groups excluding carboxylic acids is 1. The van der Waals surface area contributed by atoms with Crippen LogP contribution in [0.1, 0.15) is 11.1 Å². The fourth-order valence-electron chi connectivity index (χ4n) is 1.92. The van der Waals surface area contributed by atoms with Gasteiger partial charge in [-0.2, -0.15) is 0 Å². The molecule has 0 unspecified atom stereocenters. The van der Waals surface area contributed by atoms with Crippen molar-refractivity contribution in [1.82, 2.24) is 5.32 Å². The number of aryl methyl sites for hydroxylation is 1. The van der Waals surface area contributed by atoms with Crippen molar-refractivity contribution in [3.63, 3.8) is 0 Å². The Balaban J connectivity index is 1.81. The first-order valence-corrected chi connectivity index (χ1v) is 6.56. The van der Waals surface area contributed by atoms with Crippen molar-refractivity contribution in [2.24, 2.45) is 0 Å². The second kappa shape index (κ2) is 6.95. The molecule has 2 N–H and O–H groups in total. The van der Waals surface area contributed by atoms with Crippen molar-refractivity contribution in [3.8, 4) is 0 Å². The molecule has 1 amide bonds. The van der Waals surface area contributed by atoms with Crippen molar-refractivity contribution < 1.29 is 13.6 Å². The van der Waals surface area contributed by atoms with Crippen LogP contribution in [0.5, 0.6) is 0 Å². The number of benzene rings is 2. The number of nitrogens with one attached hydrogen (secondary N) is 2. The summed E-state index contributed by atoms with van der Waals surface area (Å²) in [6, 6.07) is 11.2. The highest BCUT2D eigenvalue weighted by Gasteiger charge is 2.06. The third-order valence-corrected chi connectivity index (χ3v) is 2.90. The zero-order chi connectivity index (χ0) is 15.2. The molecule has 0 saturated heterocycles. The summed E-state index contributed by atoms with van der Waals surface area (Å²) in [6.45, 7) is 2.65. The summed E-state index contributed by atoms with van der Waals surface area (Å²) in [5.74, 6) is -2.24. The van der Waals surface area contributed by atoms with E-state index in [9.17, 15) is 13.6 Å². The first-order valence-electron chi connectivity index (χ1n) is 6.56. The normalized spacial score (nSPS) is 10.4. The zero-order valence-corrected chi connectivity index (χ0v) is 11.6. The monoisotopic (exact) mass is 290 g/mol. The van der Waals surface area contributed by atoms with Gasteiger partial charge < -0.3 is 10.6 Å². The Kier molecular flexibility index (Phi) is 5.00. The lowest BCUT2D eigenvalue weighted by molar-refractivity contribution is -0.115. The molecule has 0 fully saturated rings. The van der Waals surface area contributed by atoms with Gasteiger partial charge in [0.1, 0.15) is 0 Å². The number of amides is 1. The van der Waals surface area contributed by atoms with Crippen molar-refractivity contribution in [3.05, 3.63) is 65.2 Å². The second-order valence-electron chi connectivity index (χ2n) is 4.77. The first kappa shape index (κ1) is 15.1. The molecule has 0 aliphatic rings. The minimum atomic E-state index is -0.986. The number of hydrogen-bond donors (Lipinski definition) is 2. The van der Waals surface area contributed by atoms with Crippen LogP contribution in [0.3, 0.4) is 0 Å². The average Bonchev–Trinajstić information content (AvgIpc) is 2.43. The molecule has 2 aromatic carbocycles. The molecule has 2 rings (SSSR count). The number of carbonyl (C=O) groups is 1. The molecule has 0 aliphatic carbocycles. The van der Waals surface area contributed by atoms with E-state index in [0.717, 1.165) is 23.3 Å². The molecule has 5 heteroatoms. The Hall–Kier alpha value is -2.27. The molecule has 0 radical (unpaired) electrons. The van der Waals surface area contributed by atoms with Crippen LogP contribution in [0.2, 0.25) is 0 Å². The molecule has 0 atom stereocenters. The molecule has 0 bridgehead atoms. The number of rotatable bonds is 5. The molecule has 0 spiro atoms. The molecule has 0 aliphatic heterocycles. The van der Waals surface area contributed by atoms with Gasteiger partial charge in [-0.15, -0.1) is 0 Å². The summed E-state index contributed by atoms with van der Waals surface area (Å²) < 4.78 is 25.8. The van der Waals surface area contributed by atoms with E-state index in [0.29, 0.717) is 6.54 Å². The summed E-state index contributed by atoms with van der Waals surface area (Å²) in [7, 11) is 0. The number of halogens is 2. The van der Waals surface area contributed by atoms with E-state index in [4.69, 9.17) is 0 Å². The van der Waals surface area contributed by atoms with E-state index in [-0.39, 0.29) is 18.1 Å². The predicted molar refractivity (Wildman–Crippen MR) is 77.9 cm³/mol. The standard InChI is InChI=1S/C16H16F2N2O/c1-11-3-2-4-12(7-11)9-19-10-16(21)20-13-5-6-14(17)15(18)8-13/h2-8,19H,9-10H2,1H3,(H,20,21). The predicted octanol–water partition coefficient (Wildman–Crippen LogP) is 3.00. The van der Waals surface area contributed by atoms with Gasteiger partial charge in [0.25, 0.3) is 0 Å². The third kappa shape index (κ3) is 4.65. The number of hydrogen-bond acceptors (Lipinski definition) is 2. The van der Waals surface area contributed by atoms with Crippen LogP contribution in [-0.4, -0.2) is 12.5 Å². The minimum Gasteiger partial charge on any atom is -0.325 e. The van der Waals surface area contributed by atoms with Crippen LogP contribution in [0.25, 0.3) is 0 Å². The smallest absolute Gasteiger partial charge is 0.238 e. The molecule has 3 nitrogen and oxygen atoms in total. The van der Waals surface area contributed by atoms with Crippen LogP contribution in [0.4, 0.5) is 14.5 Å². The van der Waals surface area contributed by atoms with Gasteiger partial charge in [-0.25, -0.2) is 8.78 Å². The minimum absolute atomic E-state index is 0.0902. The summed E-state index contributed by atoms with van der Waals surface area (Å²) in [5, 5.41) is 5.49. The lowest BCUT2D eigenvalue weighted by Gasteiger charge is -2.07. The summed E-state index contributed by atoms with van der Waals surface area (Å²) in [5.41, 5.74) is 2.47. The highest BCUT2D eigenvalue weighted by molar-refractivity contribution is 5.92. The highest BCUT2D eigenvalue weighted by Crippen LogP contribution is 2.12. The maximum atomic E-state index is 13.0. The molecule has 2 aromatic rings. The van der Waals surface area contributed by atoms with E-state index in [2.05, 4.69) is 10.6 Å². The molecule has 0 aromatic heterocycles. The van der Waals surface area contributed by atoms with Gasteiger partial charge >= 0.3 is 0 Å². The molecule has 21 heavy (non-hydrogen) atoms. The Labute approximate surface area is 122 Å². The highest BCUT2D eigenvalue weighted by atomic mass is 19.2. The lowest BCUT2D eigenvalue weighted by Crippen LogP contribution is -2.27. The van der Waals surface area contributed by atoms with Crippen molar-refractivity contribution in [2.75, 3.05) is 11.9 Å². The fourth-order valence-corrected chi connectivity index (χ4v) is 1.92. The second-order valence-corrected chi connectivity index (χ2v) is 4.77. The topological polar surface area (TPSA) is 41.1 Å². The van der Waals surface area contributed by atoms with Crippen molar-refractivity contribution in [1.29, 1.82) is 0 Å². The van der Waals surface area contributed by atoms with E-state index < -0.39 is 11.6 Å². The van der Waals surface area contributed by atoms with Gasteiger partial charge in [-0.05, 0) is 24.6 Å². The van der Waals surface area contributed by atoms with Crippen LogP contribution >= 0.6 is 0 Å². The van der Waals surface area contributed by atoms with Crippen molar-refractivity contribution in [2.45, 2.75) is 13.5 Å². The SMILES string of the molecule is Cc1cccc(CNCC(=O)Nc2ccc(F)c(F)c2)c1. The maximum Gasteiger partial charge on any atom is 0.238 e. The largest absolute Gasteiger partial charge is 0.325 e.